The van der Waals surface area contributed by atoms with Gasteiger partial charge < -0.3 is 10.4 Å². The summed E-state index contributed by atoms with van der Waals surface area (Å²) in [6.07, 6.45) is 2.48. The number of hydrogen-bond donors (Lipinski definition) is 2. The Balaban J connectivity index is 2.74. The average molecular weight is 295 g/mol. The third kappa shape index (κ3) is 4.49. The largest absolute Gasteiger partial charge is 0.478 e. The highest BCUT2D eigenvalue weighted by atomic mass is 32.1. The highest BCUT2D eigenvalue weighted by molar-refractivity contribution is 7.12. The first-order valence-corrected chi connectivity index (χ1v) is 7.38. The Morgan fingerprint density at radius 3 is 2.65 bits per heavy atom. The molecule has 0 fully saturated rings. The zero-order chi connectivity index (χ0) is 15.3. The quantitative estimate of drug-likeness (QED) is 0.792. The van der Waals surface area contributed by atoms with Crippen LogP contribution in [0.2, 0.25) is 0 Å². The number of aliphatic carboxylic acids is 1. The van der Waals surface area contributed by atoms with E-state index in [4.69, 9.17) is 5.11 Å². The number of carbonyl (C=O) groups excluding carboxylic acids is 1. The second kappa shape index (κ2) is 6.70. The van der Waals surface area contributed by atoms with Crippen LogP contribution in [0.5, 0.6) is 0 Å². The number of carbonyl (C=O) groups is 2. The van der Waals surface area contributed by atoms with Crippen LogP contribution >= 0.6 is 11.3 Å². The van der Waals surface area contributed by atoms with Crippen LogP contribution in [0.25, 0.3) is 6.08 Å². The van der Waals surface area contributed by atoms with Crippen molar-refractivity contribution in [2.75, 3.05) is 6.54 Å². The number of carboxylic acid groups (broad SMARTS) is 1. The number of amides is 1. The van der Waals surface area contributed by atoms with Crippen molar-refractivity contribution in [1.82, 2.24) is 5.32 Å². The summed E-state index contributed by atoms with van der Waals surface area (Å²) < 4.78 is 0. The number of hydrogen-bond acceptors (Lipinski definition) is 3. The van der Waals surface area contributed by atoms with Crippen LogP contribution in [0.15, 0.2) is 17.5 Å². The molecule has 0 saturated heterocycles. The molecule has 0 aromatic carbocycles. The van der Waals surface area contributed by atoms with Crippen LogP contribution in [0.1, 0.15) is 42.9 Å². The number of rotatable bonds is 6. The van der Waals surface area contributed by atoms with Gasteiger partial charge in [-0.1, -0.05) is 27.7 Å². The molecule has 20 heavy (non-hydrogen) atoms. The molecular formula is C15H21NO3S. The first-order chi connectivity index (χ1) is 9.24. The topological polar surface area (TPSA) is 66.4 Å². The SMILES string of the molecule is CC(C)C(C)(C)CNC(=O)c1sccc1/C=C/C(=O)O. The Hall–Kier alpha value is -1.62. The van der Waals surface area contributed by atoms with E-state index in [0.29, 0.717) is 22.9 Å². The minimum Gasteiger partial charge on any atom is -0.478 e. The minimum absolute atomic E-state index is 0.0178. The lowest BCUT2D eigenvalue weighted by Gasteiger charge is -2.29. The van der Waals surface area contributed by atoms with Gasteiger partial charge in [-0.3, -0.25) is 4.79 Å². The molecule has 5 heteroatoms. The molecule has 1 amide bonds. The number of thiophene rings is 1. The normalized spacial score (nSPS) is 12.1. The Kier molecular flexibility index (Phi) is 5.51. The lowest BCUT2D eigenvalue weighted by molar-refractivity contribution is -0.131. The van der Waals surface area contributed by atoms with Gasteiger partial charge in [0.05, 0.1) is 4.88 Å². The van der Waals surface area contributed by atoms with E-state index in [0.717, 1.165) is 6.08 Å². The summed E-state index contributed by atoms with van der Waals surface area (Å²) in [6.45, 7) is 9.05. The van der Waals surface area contributed by atoms with E-state index in [9.17, 15) is 9.59 Å². The zero-order valence-electron chi connectivity index (χ0n) is 12.3. The van der Waals surface area contributed by atoms with Gasteiger partial charge in [0.25, 0.3) is 5.91 Å². The monoisotopic (exact) mass is 295 g/mol. The molecule has 2 N–H and O–H groups in total. The molecule has 1 heterocycles. The Morgan fingerprint density at radius 1 is 1.45 bits per heavy atom. The third-order valence-corrected chi connectivity index (χ3v) is 4.50. The summed E-state index contributed by atoms with van der Waals surface area (Å²) in [7, 11) is 0. The van der Waals surface area contributed by atoms with Crippen molar-refractivity contribution >= 4 is 29.3 Å². The third-order valence-electron chi connectivity index (χ3n) is 3.57. The Bertz CT molecular complexity index is 515. The van der Waals surface area contributed by atoms with Gasteiger partial charge in [0.2, 0.25) is 0 Å². The molecule has 110 valence electrons. The highest BCUT2D eigenvalue weighted by Gasteiger charge is 2.23. The smallest absolute Gasteiger partial charge is 0.328 e. The molecule has 1 aromatic heterocycles. The van der Waals surface area contributed by atoms with Gasteiger partial charge in [-0.25, -0.2) is 4.79 Å². The predicted molar refractivity (Wildman–Crippen MR) is 81.9 cm³/mol. The van der Waals surface area contributed by atoms with Crippen LogP contribution in [-0.4, -0.2) is 23.5 Å². The maximum atomic E-state index is 12.2. The van der Waals surface area contributed by atoms with Crippen LogP contribution in [0.3, 0.4) is 0 Å². The molecule has 1 aromatic rings. The van der Waals surface area contributed by atoms with E-state index >= 15 is 0 Å². The maximum absolute atomic E-state index is 12.2. The maximum Gasteiger partial charge on any atom is 0.328 e. The van der Waals surface area contributed by atoms with Gasteiger partial charge in [0.1, 0.15) is 0 Å². The first kappa shape index (κ1) is 16.4. The van der Waals surface area contributed by atoms with Crippen LogP contribution < -0.4 is 5.32 Å². The van der Waals surface area contributed by atoms with Crippen molar-refractivity contribution in [3.8, 4) is 0 Å². The Labute approximate surface area is 123 Å². The molecule has 0 aliphatic rings. The van der Waals surface area contributed by atoms with Crippen molar-refractivity contribution in [3.05, 3.63) is 28.0 Å². The first-order valence-electron chi connectivity index (χ1n) is 6.50. The standard InChI is InChI=1S/C15H21NO3S/c1-10(2)15(3,4)9-16-14(19)13-11(7-8-20-13)5-6-12(17)18/h5-8,10H,9H2,1-4H3,(H,16,19)(H,17,18)/b6-5+. The summed E-state index contributed by atoms with van der Waals surface area (Å²) in [6, 6.07) is 1.74. The summed E-state index contributed by atoms with van der Waals surface area (Å²) in [5.41, 5.74) is 0.654. The van der Waals surface area contributed by atoms with Crippen molar-refractivity contribution in [1.29, 1.82) is 0 Å². The molecule has 0 aliphatic heterocycles. The van der Waals surface area contributed by atoms with Gasteiger partial charge in [0, 0.05) is 12.6 Å². The summed E-state index contributed by atoms with van der Waals surface area (Å²) in [4.78, 5) is 23.2. The van der Waals surface area contributed by atoms with Gasteiger partial charge >= 0.3 is 5.97 Å². The molecule has 0 saturated carbocycles. The van der Waals surface area contributed by atoms with E-state index in [1.54, 1.807) is 11.4 Å². The van der Waals surface area contributed by atoms with E-state index in [-0.39, 0.29) is 11.3 Å². The van der Waals surface area contributed by atoms with E-state index in [2.05, 4.69) is 33.0 Å². The summed E-state index contributed by atoms with van der Waals surface area (Å²) >= 11 is 1.31. The number of carboxylic acids is 1. The second-order valence-corrected chi connectivity index (χ2v) is 6.62. The van der Waals surface area contributed by atoms with E-state index in [1.807, 2.05) is 0 Å². The van der Waals surface area contributed by atoms with Gasteiger partial charge in [0.15, 0.2) is 0 Å². The molecule has 0 spiro atoms. The van der Waals surface area contributed by atoms with Crippen LogP contribution in [-0.2, 0) is 4.79 Å². The molecule has 0 unspecified atom stereocenters. The minimum atomic E-state index is -1.02. The number of nitrogens with one attached hydrogen (secondary N) is 1. The fourth-order valence-electron chi connectivity index (χ4n) is 1.39. The van der Waals surface area contributed by atoms with E-state index in [1.165, 1.54) is 17.4 Å². The van der Waals surface area contributed by atoms with E-state index < -0.39 is 5.97 Å². The fraction of sp³-hybridized carbons (Fsp3) is 0.467. The zero-order valence-corrected chi connectivity index (χ0v) is 13.1. The van der Waals surface area contributed by atoms with Crippen LogP contribution in [0.4, 0.5) is 0 Å². The molecule has 0 aliphatic carbocycles. The molecule has 0 radical (unpaired) electrons. The molecule has 4 nitrogen and oxygen atoms in total. The van der Waals surface area contributed by atoms with Crippen molar-refractivity contribution < 1.29 is 14.7 Å². The van der Waals surface area contributed by atoms with Crippen molar-refractivity contribution in [2.24, 2.45) is 11.3 Å². The summed E-state index contributed by atoms with van der Waals surface area (Å²) in [5, 5.41) is 13.3. The molecule has 0 bridgehead atoms. The van der Waals surface area contributed by atoms with Crippen molar-refractivity contribution in [2.45, 2.75) is 27.7 Å². The molecule has 0 atom stereocenters. The predicted octanol–water partition coefficient (Wildman–Crippen LogP) is 3.26. The lowest BCUT2D eigenvalue weighted by atomic mass is 9.81. The average Bonchev–Trinajstić information content (AvgIpc) is 2.81. The lowest BCUT2D eigenvalue weighted by Crippen LogP contribution is -2.36. The second-order valence-electron chi connectivity index (χ2n) is 5.70. The molecule has 1 rings (SSSR count). The van der Waals surface area contributed by atoms with Gasteiger partial charge in [-0.05, 0) is 34.4 Å². The summed E-state index contributed by atoms with van der Waals surface area (Å²) in [5.74, 6) is -0.722. The van der Waals surface area contributed by atoms with Gasteiger partial charge in [-0.2, -0.15) is 0 Å². The Morgan fingerprint density at radius 2 is 2.10 bits per heavy atom. The molecular weight excluding hydrogens is 274 g/mol. The van der Waals surface area contributed by atoms with Gasteiger partial charge in [-0.15, -0.1) is 11.3 Å². The van der Waals surface area contributed by atoms with Crippen molar-refractivity contribution in [3.63, 3.8) is 0 Å². The fourth-order valence-corrected chi connectivity index (χ4v) is 2.19. The highest BCUT2D eigenvalue weighted by Crippen LogP contribution is 2.25. The van der Waals surface area contributed by atoms with Crippen LogP contribution in [0, 0.1) is 11.3 Å².